The maximum Gasteiger partial charge on any atom is 0.417 e. The van der Waals surface area contributed by atoms with E-state index in [2.05, 4.69) is 9.40 Å². The van der Waals surface area contributed by atoms with Crippen molar-refractivity contribution in [1.82, 2.24) is 4.98 Å². The lowest BCUT2D eigenvalue weighted by Gasteiger charge is -1.97. The Balaban J connectivity index is 2.94. The Hall–Kier alpha value is -2.20. The molecule has 0 aliphatic rings. The van der Waals surface area contributed by atoms with E-state index in [1.54, 1.807) is 0 Å². The van der Waals surface area contributed by atoms with Gasteiger partial charge in [-0.2, -0.15) is 8.42 Å². The van der Waals surface area contributed by atoms with Gasteiger partial charge >= 0.3 is 11.4 Å². The lowest BCUT2D eigenvalue weighted by Crippen LogP contribution is -2.00. The van der Waals surface area contributed by atoms with Crippen LogP contribution < -0.4 is 5.76 Å². The summed E-state index contributed by atoms with van der Waals surface area (Å²) in [4.78, 5) is 22.0. The van der Waals surface area contributed by atoms with Crippen molar-refractivity contribution in [1.29, 1.82) is 0 Å². The van der Waals surface area contributed by atoms with Gasteiger partial charge in [-0.05, 0) is 6.07 Å². The summed E-state index contributed by atoms with van der Waals surface area (Å²) in [5, 5.41) is 10.7. The average molecular weight is 260 g/mol. The predicted octanol–water partition coefficient (Wildman–Crippen LogP) is 0.276. The number of non-ortho nitro benzene ring substituents is 1. The number of aromatic amines is 1. The molecule has 0 radical (unpaired) electrons. The molecule has 0 saturated carbocycles. The van der Waals surface area contributed by atoms with Crippen molar-refractivity contribution >= 4 is 26.9 Å². The molecule has 0 spiro atoms. The van der Waals surface area contributed by atoms with Crippen molar-refractivity contribution in [2.24, 2.45) is 0 Å². The zero-order valence-corrected chi connectivity index (χ0v) is 8.72. The second-order valence-electron chi connectivity index (χ2n) is 3.07. The molecular formula is C7H4N2O7S. The van der Waals surface area contributed by atoms with Crippen molar-refractivity contribution in [3.63, 3.8) is 0 Å². The maximum atomic E-state index is 10.9. The molecule has 0 unspecified atom stereocenters. The van der Waals surface area contributed by atoms with Crippen molar-refractivity contribution in [3.05, 3.63) is 32.8 Å². The number of hydrogen-bond donors (Lipinski definition) is 2. The summed E-state index contributed by atoms with van der Waals surface area (Å²) in [6.45, 7) is 0. The summed E-state index contributed by atoms with van der Waals surface area (Å²) in [6.07, 6.45) is 0. The number of nitrogens with one attached hydrogen (secondary N) is 1. The van der Waals surface area contributed by atoms with Gasteiger partial charge in [0, 0.05) is 6.07 Å². The molecule has 0 aliphatic heterocycles. The Bertz CT molecular complexity index is 769. The summed E-state index contributed by atoms with van der Waals surface area (Å²) in [5.41, 5.74) is -1.29. The second kappa shape index (κ2) is 3.40. The Morgan fingerprint density at radius 3 is 2.59 bits per heavy atom. The molecule has 2 aromatic rings. The highest BCUT2D eigenvalue weighted by Gasteiger charge is 2.23. The topological polar surface area (TPSA) is 144 Å². The van der Waals surface area contributed by atoms with Crippen LogP contribution in [0.25, 0.3) is 11.1 Å². The van der Waals surface area contributed by atoms with E-state index in [4.69, 9.17) is 4.55 Å². The first-order chi connectivity index (χ1) is 7.79. The molecule has 0 fully saturated rings. The molecular weight excluding hydrogens is 256 g/mol. The Morgan fingerprint density at radius 1 is 1.41 bits per heavy atom. The predicted molar refractivity (Wildman–Crippen MR) is 53.3 cm³/mol. The highest BCUT2D eigenvalue weighted by molar-refractivity contribution is 7.85. The van der Waals surface area contributed by atoms with Crippen LogP contribution in [0.1, 0.15) is 0 Å². The smallest absolute Gasteiger partial charge is 0.400 e. The molecule has 10 heteroatoms. The molecule has 2 rings (SSSR count). The van der Waals surface area contributed by atoms with Crippen LogP contribution in [0.3, 0.4) is 0 Å². The van der Waals surface area contributed by atoms with E-state index < -0.39 is 31.4 Å². The van der Waals surface area contributed by atoms with Gasteiger partial charge in [-0.25, -0.2) is 4.79 Å². The molecule has 17 heavy (non-hydrogen) atoms. The van der Waals surface area contributed by atoms with E-state index in [0.29, 0.717) is 6.07 Å². The van der Waals surface area contributed by atoms with Gasteiger partial charge in [0.2, 0.25) is 5.58 Å². The highest BCUT2D eigenvalue weighted by atomic mass is 32.2. The SMILES string of the molecule is O=c1[nH]c2cc(S(=O)(=O)O)cc([N+](=O)[O-])c2o1. The Morgan fingerprint density at radius 2 is 2.06 bits per heavy atom. The summed E-state index contributed by atoms with van der Waals surface area (Å²) >= 11 is 0. The van der Waals surface area contributed by atoms with Crippen LogP contribution in [-0.4, -0.2) is 22.9 Å². The van der Waals surface area contributed by atoms with Gasteiger partial charge in [0.15, 0.2) is 0 Å². The summed E-state index contributed by atoms with van der Waals surface area (Å²) in [5.74, 6) is -0.962. The molecule has 0 bridgehead atoms. The van der Waals surface area contributed by atoms with E-state index >= 15 is 0 Å². The number of nitro groups is 1. The third-order valence-corrected chi connectivity index (χ3v) is 2.80. The lowest BCUT2D eigenvalue weighted by atomic mass is 10.3. The molecule has 1 heterocycles. The van der Waals surface area contributed by atoms with Gasteiger partial charge in [-0.1, -0.05) is 0 Å². The third-order valence-electron chi connectivity index (χ3n) is 1.97. The number of rotatable bonds is 2. The zero-order valence-electron chi connectivity index (χ0n) is 7.91. The molecule has 1 aromatic carbocycles. The number of fused-ring (bicyclic) bond motifs is 1. The number of hydrogen-bond acceptors (Lipinski definition) is 6. The summed E-state index contributed by atoms with van der Waals surface area (Å²) in [7, 11) is -4.61. The van der Waals surface area contributed by atoms with E-state index in [9.17, 15) is 23.3 Å². The van der Waals surface area contributed by atoms with Crippen LogP contribution in [0.15, 0.2) is 26.2 Å². The van der Waals surface area contributed by atoms with Gasteiger partial charge in [0.05, 0.1) is 10.4 Å². The van der Waals surface area contributed by atoms with E-state index in [-0.39, 0.29) is 11.1 Å². The number of aromatic nitrogens is 1. The van der Waals surface area contributed by atoms with E-state index in [0.717, 1.165) is 6.07 Å². The minimum Gasteiger partial charge on any atom is -0.400 e. The van der Waals surface area contributed by atoms with Crippen LogP contribution >= 0.6 is 0 Å². The first-order valence-electron chi connectivity index (χ1n) is 4.08. The number of benzene rings is 1. The normalized spacial score (nSPS) is 11.8. The average Bonchev–Trinajstić information content (AvgIpc) is 2.54. The molecule has 0 aliphatic carbocycles. The standard InChI is InChI=1S/C7H4N2O7S/c10-7-8-4-1-3(17(13,14)15)2-5(9(11)12)6(4)16-7/h1-2H,(H,8,10)(H,13,14,15). The lowest BCUT2D eigenvalue weighted by molar-refractivity contribution is -0.383. The molecule has 1 aromatic heterocycles. The Labute approximate surface area is 92.6 Å². The minimum absolute atomic E-state index is 0.183. The largest absolute Gasteiger partial charge is 0.417 e. The fourth-order valence-corrected chi connectivity index (χ4v) is 1.83. The quantitative estimate of drug-likeness (QED) is 0.448. The molecule has 0 amide bonds. The van der Waals surface area contributed by atoms with Gasteiger partial charge in [-0.15, -0.1) is 0 Å². The van der Waals surface area contributed by atoms with Gasteiger partial charge in [0.1, 0.15) is 4.90 Å². The molecule has 0 saturated heterocycles. The first-order valence-corrected chi connectivity index (χ1v) is 5.52. The van der Waals surface area contributed by atoms with Crippen LogP contribution in [0.5, 0.6) is 0 Å². The van der Waals surface area contributed by atoms with Crippen molar-refractivity contribution in [3.8, 4) is 0 Å². The van der Waals surface area contributed by atoms with E-state index in [1.807, 2.05) is 0 Å². The zero-order chi connectivity index (χ0) is 12.8. The van der Waals surface area contributed by atoms with Gasteiger partial charge in [0.25, 0.3) is 10.1 Å². The number of H-pyrrole nitrogens is 1. The molecule has 2 N–H and O–H groups in total. The summed E-state index contributed by atoms with van der Waals surface area (Å²) < 4.78 is 35.0. The van der Waals surface area contributed by atoms with Crippen LogP contribution in [0.2, 0.25) is 0 Å². The van der Waals surface area contributed by atoms with Crippen molar-refractivity contribution in [2.75, 3.05) is 0 Å². The number of nitro benzene ring substituents is 1. The van der Waals surface area contributed by atoms with Crippen molar-refractivity contribution < 1.29 is 22.3 Å². The van der Waals surface area contributed by atoms with Crippen LogP contribution in [0.4, 0.5) is 5.69 Å². The summed E-state index contributed by atoms with van der Waals surface area (Å²) in [6, 6.07) is 1.47. The third kappa shape index (κ3) is 1.90. The second-order valence-corrected chi connectivity index (χ2v) is 4.49. The monoisotopic (exact) mass is 260 g/mol. The van der Waals surface area contributed by atoms with Gasteiger partial charge < -0.3 is 4.42 Å². The molecule has 9 nitrogen and oxygen atoms in total. The number of nitrogens with zero attached hydrogens (tertiary/aromatic N) is 1. The van der Waals surface area contributed by atoms with Crippen LogP contribution in [-0.2, 0) is 10.1 Å². The Kier molecular flexibility index (Phi) is 2.26. The minimum atomic E-state index is -4.61. The van der Waals surface area contributed by atoms with Crippen LogP contribution in [0, 0.1) is 10.1 Å². The maximum absolute atomic E-state index is 10.9. The van der Waals surface area contributed by atoms with E-state index in [1.165, 1.54) is 0 Å². The first kappa shape index (κ1) is 11.3. The van der Waals surface area contributed by atoms with Gasteiger partial charge in [-0.3, -0.25) is 19.7 Å². The van der Waals surface area contributed by atoms with Crippen molar-refractivity contribution in [2.45, 2.75) is 4.90 Å². The number of oxazole rings is 1. The molecule has 90 valence electrons. The fourth-order valence-electron chi connectivity index (χ4n) is 1.30. The molecule has 0 atom stereocenters. The highest BCUT2D eigenvalue weighted by Crippen LogP contribution is 2.27. The fraction of sp³-hybridized carbons (Fsp3) is 0.